The van der Waals surface area contributed by atoms with Gasteiger partial charge in [0.1, 0.15) is 11.6 Å². The fraction of sp³-hybridized carbons (Fsp3) is 0.316. The molecule has 128 valence electrons. The fourth-order valence-corrected chi connectivity index (χ4v) is 2.44. The molecule has 0 aromatic heterocycles. The zero-order valence-corrected chi connectivity index (χ0v) is 14.7. The normalized spacial score (nSPS) is 13.2. The lowest BCUT2D eigenvalue weighted by atomic mass is 10.1. The quantitative estimate of drug-likeness (QED) is 0.811. The van der Waals surface area contributed by atoms with Crippen LogP contribution in [-0.4, -0.2) is 12.0 Å². The van der Waals surface area contributed by atoms with Gasteiger partial charge in [0.2, 0.25) is 0 Å². The summed E-state index contributed by atoms with van der Waals surface area (Å²) in [5.41, 5.74) is 1.73. The Morgan fingerprint density at radius 1 is 1.25 bits per heavy atom. The molecule has 0 aliphatic rings. The van der Waals surface area contributed by atoms with Crippen LogP contribution in [0, 0.1) is 12.7 Å². The maximum Gasteiger partial charge on any atom is 0.261 e. The van der Waals surface area contributed by atoms with Crippen LogP contribution in [0.3, 0.4) is 0 Å². The summed E-state index contributed by atoms with van der Waals surface area (Å²) < 4.78 is 18.8. The van der Waals surface area contributed by atoms with E-state index in [9.17, 15) is 9.18 Å². The van der Waals surface area contributed by atoms with Crippen molar-refractivity contribution in [3.05, 3.63) is 64.4 Å². The molecule has 2 aromatic rings. The molecule has 24 heavy (non-hydrogen) atoms. The van der Waals surface area contributed by atoms with Crippen LogP contribution in [-0.2, 0) is 4.79 Å². The first-order chi connectivity index (χ1) is 11.4. The second-order valence-electron chi connectivity index (χ2n) is 5.71. The summed E-state index contributed by atoms with van der Waals surface area (Å²) in [6.45, 7) is 5.62. The zero-order valence-electron chi connectivity index (χ0n) is 14.0. The summed E-state index contributed by atoms with van der Waals surface area (Å²) in [7, 11) is 0. The van der Waals surface area contributed by atoms with Gasteiger partial charge in [0.25, 0.3) is 5.91 Å². The molecule has 0 unspecified atom stereocenters. The molecule has 1 N–H and O–H groups in total. The van der Waals surface area contributed by atoms with E-state index in [1.165, 1.54) is 12.1 Å². The monoisotopic (exact) mass is 349 g/mol. The lowest BCUT2D eigenvalue weighted by Crippen LogP contribution is -2.39. The minimum atomic E-state index is -0.603. The topological polar surface area (TPSA) is 38.3 Å². The predicted octanol–water partition coefficient (Wildman–Crippen LogP) is 4.82. The Kier molecular flexibility index (Phi) is 6.21. The Morgan fingerprint density at radius 3 is 2.50 bits per heavy atom. The van der Waals surface area contributed by atoms with Crippen LogP contribution in [0.2, 0.25) is 5.02 Å². The number of carbonyl (C=O) groups excluding carboxylic acids is 1. The van der Waals surface area contributed by atoms with Crippen LogP contribution in [0.4, 0.5) is 4.39 Å². The third kappa shape index (κ3) is 4.71. The van der Waals surface area contributed by atoms with Crippen LogP contribution in [0.5, 0.6) is 5.75 Å². The summed E-state index contributed by atoms with van der Waals surface area (Å²) >= 11 is 6.00. The molecule has 0 aliphatic carbocycles. The molecule has 0 heterocycles. The Balaban J connectivity index is 2.02. The highest BCUT2D eigenvalue weighted by Gasteiger charge is 2.21. The molecule has 0 saturated carbocycles. The number of rotatable bonds is 6. The van der Waals surface area contributed by atoms with Gasteiger partial charge in [0.15, 0.2) is 6.10 Å². The van der Waals surface area contributed by atoms with E-state index < -0.39 is 6.10 Å². The third-order valence-electron chi connectivity index (χ3n) is 3.80. The molecular weight excluding hydrogens is 329 g/mol. The van der Waals surface area contributed by atoms with Gasteiger partial charge in [-0.05, 0) is 61.7 Å². The van der Waals surface area contributed by atoms with Crippen molar-refractivity contribution in [3.63, 3.8) is 0 Å². The Hall–Kier alpha value is -2.07. The summed E-state index contributed by atoms with van der Waals surface area (Å²) in [4.78, 5) is 12.4. The second-order valence-corrected chi connectivity index (χ2v) is 6.11. The number of halogens is 2. The van der Waals surface area contributed by atoms with Crippen LogP contribution < -0.4 is 10.1 Å². The maximum absolute atomic E-state index is 13.0. The number of carbonyl (C=O) groups is 1. The lowest BCUT2D eigenvalue weighted by molar-refractivity contribution is -0.128. The Labute approximate surface area is 146 Å². The number of hydrogen-bond donors (Lipinski definition) is 1. The van der Waals surface area contributed by atoms with Gasteiger partial charge in [-0.1, -0.05) is 30.7 Å². The van der Waals surface area contributed by atoms with Crippen LogP contribution in [0.1, 0.15) is 37.4 Å². The molecule has 3 nitrogen and oxygen atoms in total. The molecule has 0 aliphatic heterocycles. The smallest absolute Gasteiger partial charge is 0.261 e. The van der Waals surface area contributed by atoms with Crippen LogP contribution in [0.15, 0.2) is 42.5 Å². The molecule has 0 spiro atoms. The minimum absolute atomic E-state index is 0.207. The van der Waals surface area contributed by atoms with Crippen molar-refractivity contribution in [1.82, 2.24) is 5.32 Å². The van der Waals surface area contributed by atoms with Gasteiger partial charge in [-0.3, -0.25) is 4.79 Å². The van der Waals surface area contributed by atoms with Gasteiger partial charge < -0.3 is 10.1 Å². The summed E-state index contributed by atoms with van der Waals surface area (Å²) in [5.74, 6) is 0.0976. The van der Waals surface area contributed by atoms with Crippen molar-refractivity contribution in [3.8, 4) is 5.75 Å². The fourth-order valence-electron chi connectivity index (χ4n) is 2.32. The third-order valence-corrected chi connectivity index (χ3v) is 4.22. The average molecular weight is 350 g/mol. The van der Waals surface area contributed by atoms with Gasteiger partial charge in [0.05, 0.1) is 6.04 Å². The summed E-state index contributed by atoms with van der Waals surface area (Å²) in [6, 6.07) is 11.1. The number of benzene rings is 2. The number of ether oxygens (including phenoxy) is 1. The molecule has 0 radical (unpaired) electrons. The van der Waals surface area contributed by atoms with Crippen LogP contribution >= 0.6 is 11.6 Å². The van der Waals surface area contributed by atoms with E-state index >= 15 is 0 Å². The zero-order chi connectivity index (χ0) is 17.7. The molecule has 2 aromatic carbocycles. The summed E-state index contributed by atoms with van der Waals surface area (Å²) in [6.07, 6.45) is -0.0719. The van der Waals surface area contributed by atoms with E-state index in [1.807, 2.05) is 26.8 Å². The van der Waals surface area contributed by atoms with E-state index in [2.05, 4.69) is 5.32 Å². The predicted molar refractivity (Wildman–Crippen MR) is 93.9 cm³/mol. The van der Waals surface area contributed by atoms with Gasteiger partial charge in [-0.2, -0.15) is 0 Å². The molecule has 2 atom stereocenters. The Bertz CT molecular complexity index is 703. The molecule has 0 saturated heterocycles. The molecule has 0 bridgehead atoms. The molecule has 2 rings (SSSR count). The van der Waals surface area contributed by atoms with Gasteiger partial charge >= 0.3 is 0 Å². The van der Waals surface area contributed by atoms with Crippen molar-refractivity contribution in [2.75, 3.05) is 0 Å². The highest BCUT2D eigenvalue weighted by Crippen LogP contribution is 2.22. The van der Waals surface area contributed by atoms with Crippen LogP contribution in [0.25, 0.3) is 0 Å². The molecule has 5 heteroatoms. The first-order valence-electron chi connectivity index (χ1n) is 7.89. The number of nitrogens with one attached hydrogen (secondary N) is 1. The van der Waals surface area contributed by atoms with Gasteiger partial charge in [0, 0.05) is 5.02 Å². The molecular formula is C19H21ClFNO2. The minimum Gasteiger partial charge on any atom is -0.481 e. The molecule has 1 amide bonds. The summed E-state index contributed by atoms with van der Waals surface area (Å²) in [5, 5.41) is 3.56. The van der Waals surface area contributed by atoms with Crippen molar-refractivity contribution in [2.24, 2.45) is 0 Å². The highest BCUT2D eigenvalue weighted by molar-refractivity contribution is 6.31. The van der Waals surface area contributed by atoms with E-state index in [4.69, 9.17) is 16.3 Å². The first kappa shape index (κ1) is 18.3. The highest BCUT2D eigenvalue weighted by atomic mass is 35.5. The number of amides is 1. The van der Waals surface area contributed by atoms with E-state index in [0.717, 1.165) is 11.1 Å². The first-order valence-corrected chi connectivity index (χ1v) is 8.27. The average Bonchev–Trinajstić information content (AvgIpc) is 2.56. The van der Waals surface area contributed by atoms with Crippen molar-refractivity contribution >= 4 is 17.5 Å². The van der Waals surface area contributed by atoms with Crippen molar-refractivity contribution in [2.45, 2.75) is 39.3 Å². The van der Waals surface area contributed by atoms with E-state index in [1.54, 1.807) is 24.3 Å². The maximum atomic E-state index is 13.0. The van der Waals surface area contributed by atoms with E-state index in [0.29, 0.717) is 17.2 Å². The molecule has 0 fully saturated rings. The standard InChI is InChI=1S/C19H21ClFNO2/c1-4-18(24-16-9-10-17(20)12(2)11-16)19(23)22-13(3)14-5-7-15(21)8-6-14/h5-11,13,18H,4H2,1-3H3,(H,22,23)/t13-,18-/m1/s1. The lowest BCUT2D eigenvalue weighted by Gasteiger charge is -2.21. The van der Waals surface area contributed by atoms with E-state index in [-0.39, 0.29) is 17.8 Å². The van der Waals surface area contributed by atoms with Crippen molar-refractivity contribution in [1.29, 1.82) is 0 Å². The number of aryl methyl sites for hydroxylation is 1. The SMILES string of the molecule is CC[C@@H](Oc1ccc(Cl)c(C)c1)C(=O)N[C@H](C)c1ccc(F)cc1. The van der Waals surface area contributed by atoms with Gasteiger partial charge in [-0.25, -0.2) is 4.39 Å². The van der Waals surface area contributed by atoms with Crippen molar-refractivity contribution < 1.29 is 13.9 Å². The largest absolute Gasteiger partial charge is 0.481 e. The number of hydrogen-bond acceptors (Lipinski definition) is 2. The Morgan fingerprint density at radius 2 is 1.92 bits per heavy atom. The van der Waals surface area contributed by atoms with Gasteiger partial charge in [-0.15, -0.1) is 0 Å². The second kappa shape index (κ2) is 8.15.